The molecule has 6 N–H and O–H groups in total. The number of nitrogens with two attached hydrogens (primary N) is 1. The predicted molar refractivity (Wildman–Crippen MR) is 99.7 cm³/mol. The zero-order chi connectivity index (χ0) is 21.0. The first-order chi connectivity index (χ1) is 12.7. The van der Waals surface area contributed by atoms with Crippen molar-refractivity contribution in [2.45, 2.75) is 78.6 Å². The van der Waals surface area contributed by atoms with Gasteiger partial charge in [-0.15, -0.1) is 0 Å². The van der Waals surface area contributed by atoms with E-state index in [1.165, 1.54) is 19.8 Å². The van der Waals surface area contributed by atoms with Gasteiger partial charge in [-0.2, -0.15) is 4.98 Å². The molecule has 10 heteroatoms. The Bertz CT molecular complexity index is 562. The van der Waals surface area contributed by atoms with Crippen LogP contribution in [0.1, 0.15) is 71.6 Å². The molecule has 2 amide bonds. The Hall–Kier alpha value is -2.20. The van der Waals surface area contributed by atoms with Crippen molar-refractivity contribution in [3.8, 4) is 0 Å². The van der Waals surface area contributed by atoms with Crippen LogP contribution in [0.15, 0.2) is 4.52 Å². The average Bonchev–Trinajstić information content (AvgIpc) is 3.11. The minimum atomic E-state index is -1.41. The number of carbonyl (C=O) groups is 2. The maximum atomic E-state index is 11.6. The molecule has 0 radical (unpaired) electrons. The van der Waals surface area contributed by atoms with Crippen molar-refractivity contribution in [1.82, 2.24) is 20.8 Å². The van der Waals surface area contributed by atoms with Crippen molar-refractivity contribution < 1.29 is 24.3 Å². The fraction of sp³-hybridized carbons (Fsp3) is 0.765. The van der Waals surface area contributed by atoms with E-state index in [9.17, 15) is 14.7 Å². The first-order valence-electron chi connectivity index (χ1n) is 9.20. The van der Waals surface area contributed by atoms with Gasteiger partial charge in [0.25, 0.3) is 0 Å². The molecule has 1 rings (SSSR count). The summed E-state index contributed by atoms with van der Waals surface area (Å²) < 4.78 is 4.98. The Balaban J connectivity index is 0.00000153. The highest BCUT2D eigenvalue weighted by atomic mass is 16.5. The number of rotatable bonds is 9. The highest BCUT2D eigenvalue weighted by Gasteiger charge is 2.25. The maximum absolute atomic E-state index is 11.6. The van der Waals surface area contributed by atoms with Gasteiger partial charge in [0.15, 0.2) is 11.9 Å². The number of unbranched alkanes of at least 4 members (excludes halogenated alkanes) is 1. The second-order valence-electron chi connectivity index (χ2n) is 6.34. The summed E-state index contributed by atoms with van der Waals surface area (Å²) >= 11 is 0. The largest absolute Gasteiger partial charge is 0.480 e. The van der Waals surface area contributed by atoms with Crippen LogP contribution < -0.4 is 16.4 Å². The van der Waals surface area contributed by atoms with Crippen LogP contribution in [-0.2, 0) is 11.3 Å². The van der Waals surface area contributed by atoms with Crippen LogP contribution in [0.3, 0.4) is 0 Å². The molecule has 0 aliphatic heterocycles. The lowest BCUT2D eigenvalue weighted by atomic mass is 10.00. The number of aliphatic hydroxyl groups is 1. The molecular formula is C17H33N5O5. The molecule has 156 valence electrons. The molecule has 0 aliphatic carbocycles. The minimum absolute atomic E-state index is 0.0851. The van der Waals surface area contributed by atoms with Crippen LogP contribution in [0.2, 0.25) is 0 Å². The van der Waals surface area contributed by atoms with E-state index in [2.05, 4.69) is 34.6 Å². The molecular weight excluding hydrogens is 354 g/mol. The van der Waals surface area contributed by atoms with E-state index in [0.29, 0.717) is 5.82 Å². The Kier molecular flexibility index (Phi) is 12.0. The van der Waals surface area contributed by atoms with Crippen LogP contribution in [0, 0.1) is 5.92 Å². The number of hydrogen-bond donors (Lipinski definition) is 5. The topological polar surface area (TPSA) is 164 Å². The second-order valence-corrected chi connectivity index (χ2v) is 6.34. The monoisotopic (exact) mass is 387 g/mol. The van der Waals surface area contributed by atoms with Gasteiger partial charge < -0.3 is 31.1 Å². The summed E-state index contributed by atoms with van der Waals surface area (Å²) in [4.78, 5) is 26.6. The molecule has 27 heavy (non-hydrogen) atoms. The number of nitrogens with zero attached hydrogens (tertiary/aromatic N) is 2. The van der Waals surface area contributed by atoms with Gasteiger partial charge in [0.05, 0.1) is 18.7 Å². The fourth-order valence-electron chi connectivity index (χ4n) is 1.72. The number of carboxylic acid groups (broad SMARTS) is 1. The summed E-state index contributed by atoms with van der Waals surface area (Å²) in [5.74, 6) is -0.657. The zero-order valence-electron chi connectivity index (χ0n) is 16.7. The Morgan fingerprint density at radius 2 is 1.81 bits per heavy atom. The molecule has 1 aromatic rings. The smallest absolute Gasteiger partial charge is 0.328 e. The molecule has 0 aliphatic rings. The molecule has 0 fully saturated rings. The van der Waals surface area contributed by atoms with Gasteiger partial charge in [0.1, 0.15) is 0 Å². The first kappa shape index (κ1) is 24.8. The van der Waals surface area contributed by atoms with Crippen LogP contribution in [0.25, 0.3) is 0 Å². The van der Waals surface area contributed by atoms with Crippen molar-refractivity contribution in [3.05, 3.63) is 11.7 Å². The number of carbonyl (C=O) groups excluding carboxylic acids is 1. The molecule has 4 unspecified atom stereocenters. The summed E-state index contributed by atoms with van der Waals surface area (Å²) in [6, 6.07) is -2.55. The lowest BCUT2D eigenvalue weighted by Crippen LogP contribution is -2.51. The highest BCUT2D eigenvalue weighted by Crippen LogP contribution is 2.18. The molecule has 1 aromatic heterocycles. The van der Waals surface area contributed by atoms with Gasteiger partial charge >= 0.3 is 12.0 Å². The second kappa shape index (κ2) is 13.0. The van der Waals surface area contributed by atoms with Gasteiger partial charge in [-0.05, 0) is 12.8 Å². The first-order valence-corrected chi connectivity index (χ1v) is 9.20. The van der Waals surface area contributed by atoms with Crippen LogP contribution in [0.4, 0.5) is 4.79 Å². The third-order valence-corrected chi connectivity index (χ3v) is 3.97. The van der Waals surface area contributed by atoms with E-state index in [4.69, 9.17) is 15.4 Å². The third-order valence-electron chi connectivity index (χ3n) is 3.97. The third kappa shape index (κ3) is 9.34. The van der Waals surface area contributed by atoms with Gasteiger partial charge in [-0.3, -0.25) is 0 Å². The van der Waals surface area contributed by atoms with Crippen molar-refractivity contribution in [2.24, 2.45) is 11.7 Å². The van der Waals surface area contributed by atoms with E-state index in [0.717, 1.165) is 6.42 Å². The number of aromatic nitrogens is 2. The van der Waals surface area contributed by atoms with Crippen molar-refractivity contribution in [1.29, 1.82) is 0 Å². The fourth-order valence-corrected chi connectivity index (χ4v) is 1.72. The Morgan fingerprint density at radius 3 is 2.26 bits per heavy atom. The minimum Gasteiger partial charge on any atom is -0.480 e. The van der Waals surface area contributed by atoms with Crippen molar-refractivity contribution in [2.75, 3.05) is 0 Å². The number of hydrogen-bond acceptors (Lipinski definition) is 7. The standard InChI is InChI=1S/C13H23N5O5.C4H10/c1-4-6(2)9(14)11-16-8(23-18-11)5-15-13(22)17-10(7(3)19)12(20)21;1-3-4-2/h6-7,9-10,19H,4-5,14H2,1-3H3,(H,20,21)(H2,15,17,22);3-4H2,1-2H3. The lowest BCUT2D eigenvalue weighted by Gasteiger charge is -2.16. The summed E-state index contributed by atoms with van der Waals surface area (Å²) in [5.41, 5.74) is 5.97. The average molecular weight is 387 g/mol. The van der Waals surface area contributed by atoms with Gasteiger partial charge in [-0.25, -0.2) is 9.59 Å². The molecule has 0 spiro atoms. The van der Waals surface area contributed by atoms with E-state index in [1.54, 1.807) is 0 Å². The van der Waals surface area contributed by atoms with Crippen LogP contribution in [0.5, 0.6) is 0 Å². The van der Waals surface area contributed by atoms with Gasteiger partial charge in [0, 0.05) is 0 Å². The summed E-state index contributed by atoms with van der Waals surface area (Å²) in [6.45, 7) is 9.50. The van der Waals surface area contributed by atoms with Crippen molar-refractivity contribution >= 4 is 12.0 Å². The number of nitrogens with one attached hydrogen (secondary N) is 2. The molecule has 1 heterocycles. The van der Waals surface area contributed by atoms with E-state index < -0.39 is 24.1 Å². The maximum Gasteiger partial charge on any atom is 0.328 e. The lowest BCUT2D eigenvalue weighted by molar-refractivity contribution is -0.141. The molecule has 10 nitrogen and oxygen atoms in total. The molecule has 4 atom stereocenters. The SMILES string of the molecule is CCC(C)C(N)c1noc(CNC(=O)NC(C(=O)O)C(C)O)n1.CCCC. The van der Waals surface area contributed by atoms with E-state index in [1.807, 2.05) is 13.8 Å². The molecule has 0 saturated carbocycles. The Labute approximate surface area is 159 Å². The number of carboxylic acids is 1. The van der Waals surface area contributed by atoms with Crippen molar-refractivity contribution in [3.63, 3.8) is 0 Å². The quantitative estimate of drug-likeness (QED) is 0.426. The highest BCUT2D eigenvalue weighted by molar-refractivity contribution is 5.82. The number of amides is 2. The molecule has 0 saturated heterocycles. The zero-order valence-corrected chi connectivity index (χ0v) is 16.7. The molecule has 0 bridgehead atoms. The number of aliphatic carboxylic acids is 1. The van der Waals surface area contributed by atoms with E-state index in [-0.39, 0.29) is 24.4 Å². The Morgan fingerprint density at radius 1 is 1.22 bits per heavy atom. The summed E-state index contributed by atoms with van der Waals surface area (Å²) in [7, 11) is 0. The number of aliphatic hydroxyl groups excluding tert-OH is 1. The van der Waals surface area contributed by atoms with Crippen LogP contribution in [-0.4, -0.2) is 44.5 Å². The normalized spacial score (nSPS) is 14.9. The molecule has 0 aromatic carbocycles. The predicted octanol–water partition coefficient (Wildman–Crippen LogP) is 1.56. The van der Waals surface area contributed by atoms with E-state index >= 15 is 0 Å². The van der Waals surface area contributed by atoms with Crippen LogP contribution >= 0.6 is 0 Å². The summed E-state index contributed by atoms with van der Waals surface area (Å²) in [6.07, 6.45) is 2.27. The summed E-state index contributed by atoms with van der Waals surface area (Å²) in [5, 5.41) is 26.4. The van der Waals surface area contributed by atoms with Gasteiger partial charge in [-0.1, -0.05) is 52.1 Å². The van der Waals surface area contributed by atoms with Gasteiger partial charge in [0.2, 0.25) is 5.89 Å². The number of urea groups is 1.